The first-order valence-electron chi connectivity index (χ1n) is 6.00. The minimum Gasteiger partial charge on any atom is -0.339 e. The quantitative estimate of drug-likeness (QED) is 0.734. The first kappa shape index (κ1) is 13.5. The topological polar surface area (TPSA) is 54.5 Å². The Kier molecular flexibility index (Phi) is 4.77. The second-order valence-corrected chi connectivity index (χ2v) is 6.62. The van der Waals surface area contributed by atoms with Gasteiger partial charge in [0.05, 0.1) is 11.5 Å². The van der Waals surface area contributed by atoms with Crippen molar-refractivity contribution < 1.29 is 13.2 Å². The number of hydrogen-bond acceptors (Lipinski definition) is 3. The van der Waals surface area contributed by atoms with Gasteiger partial charge in [-0.25, -0.2) is 8.42 Å². The molecule has 4 nitrogen and oxygen atoms in total. The van der Waals surface area contributed by atoms with Gasteiger partial charge in [-0.05, 0) is 19.3 Å². The predicted molar refractivity (Wildman–Crippen MR) is 64.0 cm³/mol. The molecule has 1 aliphatic rings. The molecule has 0 spiro atoms. The van der Waals surface area contributed by atoms with E-state index in [4.69, 9.17) is 0 Å². The molecule has 1 saturated heterocycles. The fourth-order valence-corrected chi connectivity index (χ4v) is 3.86. The van der Waals surface area contributed by atoms with Crippen LogP contribution in [0.4, 0.5) is 0 Å². The summed E-state index contributed by atoms with van der Waals surface area (Å²) < 4.78 is 22.8. The lowest BCUT2D eigenvalue weighted by Crippen LogP contribution is -2.41. The van der Waals surface area contributed by atoms with Crippen LogP contribution in [0.1, 0.15) is 39.5 Å². The number of hydrogen-bond donors (Lipinski definition) is 0. The largest absolute Gasteiger partial charge is 0.339 e. The summed E-state index contributed by atoms with van der Waals surface area (Å²) in [7, 11) is -2.90. The van der Waals surface area contributed by atoms with Gasteiger partial charge in [0.2, 0.25) is 5.91 Å². The van der Waals surface area contributed by atoms with Gasteiger partial charge in [0, 0.05) is 19.0 Å². The highest BCUT2D eigenvalue weighted by Crippen LogP contribution is 2.19. The number of sulfone groups is 1. The molecule has 0 aliphatic carbocycles. The van der Waals surface area contributed by atoms with E-state index in [0.717, 1.165) is 12.8 Å². The zero-order chi connectivity index (χ0) is 12.2. The summed E-state index contributed by atoms with van der Waals surface area (Å²) in [5, 5.41) is 0. The maximum absolute atomic E-state index is 11.9. The Labute approximate surface area is 97.9 Å². The summed E-state index contributed by atoms with van der Waals surface area (Å²) in [4.78, 5) is 13.6. The molecular formula is C11H21NO3S. The SMILES string of the molecule is CCCC(=O)N(CCC)C1CCS(=O)(=O)C1. The van der Waals surface area contributed by atoms with Crippen molar-refractivity contribution in [1.29, 1.82) is 0 Å². The fourth-order valence-electron chi connectivity index (χ4n) is 2.13. The van der Waals surface area contributed by atoms with Crippen molar-refractivity contribution in [3.63, 3.8) is 0 Å². The molecule has 0 aromatic heterocycles. The van der Waals surface area contributed by atoms with Gasteiger partial charge in [-0.2, -0.15) is 0 Å². The zero-order valence-electron chi connectivity index (χ0n) is 10.1. The molecule has 16 heavy (non-hydrogen) atoms. The van der Waals surface area contributed by atoms with Gasteiger partial charge < -0.3 is 4.90 Å². The Morgan fingerprint density at radius 3 is 2.44 bits per heavy atom. The van der Waals surface area contributed by atoms with Crippen LogP contribution in [-0.4, -0.2) is 43.3 Å². The van der Waals surface area contributed by atoms with Gasteiger partial charge in [0.15, 0.2) is 9.84 Å². The molecular weight excluding hydrogens is 226 g/mol. The molecule has 5 heteroatoms. The minimum absolute atomic E-state index is 0.0796. The molecule has 0 aromatic rings. The fraction of sp³-hybridized carbons (Fsp3) is 0.909. The number of amides is 1. The lowest BCUT2D eigenvalue weighted by molar-refractivity contribution is -0.133. The molecule has 0 aromatic carbocycles. The molecule has 1 rings (SSSR count). The van der Waals surface area contributed by atoms with E-state index in [1.165, 1.54) is 0 Å². The van der Waals surface area contributed by atoms with Crippen molar-refractivity contribution in [2.75, 3.05) is 18.1 Å². The third-order valence-corrected chi connectivity index (χ3v) is 4.65. The number of carbonyl (C=O) groups is 1. The molecule has 0 N–H and O–H groups in total. The summed E-state index contributed by atoms with van der Waals surface area (Å²) >= 11 is 0. The van der Waals surface area contributed by atoms with Crippen LogP contribution in [0.2, 0.25) is 0 Å². The van der Waals surface area contributed by atoms with Gasteiger partial charge >= 0.3 is 0 Å². The van der Waals surface area contributed by atoms with E-state index in [1.807, 2.05) is 13.8 Å². The predicted octanol–water partition coefficient (Wildman–Crippen LogP) is 1.21. The van der Waals surface area contributed by atoms with Crippen LogP contribution in [0.15, 0.2) is 0 Å². The Balaban J connectivity index is 2.67. The maximum Gasteiger partial charge on any atom is 0.222 e. The third-order valence-electron chi connectivity index (χ3n) is 2.90. The van der Waals surface area contributed by atoms with E-state index in [9.17, 15) is 13.2 Å². The monoisotopic (exact) mass is 247 g/mol. The highest BCUT2D eigenvalue weighted by molar-refractivity contribution is 7.91. The van der Waals surface area contributed by atoms with Crippen molar-refractivity contribution in [2.45, 2.75) is 45.6 Å². The van der Waals surface area contributed by atoms with Crippen molar-refractivity contribution in [3.05, 3.63) is 0 Å². The van der Waals surface area contributed by atoms with E-state index >= 15 is 0 Å². The summed E-state index contributed by atoms with van der Waals surface area (Å²) in [6.07, 6.45) is 2.83. The average Bonchev–Trinajstić information content (AvgIpc) is 2.55. The van der Waals surface area contributed by atoms with Gasteiger partial charge in [-0.3, -0.25) is 4.79 Å². The highest BCUT2D eigenvalue weighted by atomic mass is 32.2. The van der Waals surface area contributed by atoms with Crippen molar-refractivity contribution in [2.24, 2.45) is 0 Å². The maximum atomic E-state index is 11.9. The number of carbonyl (C=O) groups excluding carboxylic acids is 1. The first-order valence-corrected chi connectivity index (χ1v) is 7.82. The Morgan fingerprint density at radius 1 is 1.31 bits per heavy atom. The average molecular weight is 247 g/mol. The van der Waals surface area contributed by atoms with Crippen LogP contribution in [-0.2, 0) is 14.6 Å². The summed E-state index contributed by atoms with van der Waals surface area (Å²) in [6, 6.07) is -0.0796. The summed E-state index contributed by atoms with van der Waals surface area (Å²) in [5.41, 5.74) is 0. The van der Waals surface area contributed by atoms with Gasteiger partial charge in [0.1, 0.15) is 0 Å². The normalized spacial score (nSPS) is 23.2. The molecule has 94 valence electrons. The van der Waals surface area contributed by atoms with Crippen LogP contribution < -0.4 is 0 Å². The van der Waals surface area contributed by atoms with Crippen LogP contribution in [0.5, 0.6) is 0 Å². The minimum atomic E-state index is -2.90. The Bertz CT molecular complexity index is 337. The lowest BCUT2D eigenvalue weighted by Gasteiger charge is -2.27. The van der Waals surface area contributed by atoms with Crippen LogP contribution in [0, 0.1) is 0 Å². The van der Waals surface area contributed by atoms with Gasteiger partial charge in [-0.1, -0.05) is 13.8 Å². The summed E-state index contributed by atoms with van der Waals surface area (Å²) in [6.45, 7) is 4.65. The molecule has 0 bridgehead atoms. The molecule has 1 heterocycles. The van der Waals surface area contributed by atoms with E-state index in [2.05, 4.69) is 0 Å². The van der Waals surface area contributed by atoms with Crippen molar-refractivity contribution >= 4 is 15.7 Å². The van der Waals surface area contributed by atoms with E-state index in [1.54, 1.807) is 4.90 Å². The van der Waals surface area contributed by atoms with Gasteiger partial charge in [0.25, 0.3) is 0 Å². The molecule has 0 saturated carbocycles. The third kappa shape index (κ3) is 3.47. The molecule has 1 unspecified atom stereocenters. The van der Waals surface area contributed by atoms with Crippen molar-refractivity contribution in [3.8, 4) is 0 Å². The lowest BCUT2D eigenvalue weighted by atomic mass is 10.2. The second kappa shape index (κ2) is 5.66. The van der Waals surface area contributed by atoms with E-state index in [0.29, 0.717) is 19.4 Å². The van der Waals surface area contributed by atoms with Crippen LogP contribution in [0.25, 0.3) is 0 Å². The first-order chi connectivity index (χ1) is 7.50. The second-order valence-electron chi connectivity index (χ2n) is 4.39. The van der Waals surface area contributed by atoms with E-state index in [-0.39, 0.29) is 23.5 Å². The zero-order valence-corrected chi connectivity index (χ0v) is 10.9. The number of rotatable bonds is 5. The Morgan fingerprint density at radius 2 is 2.00 bits per heavy atom. The summed E-state index contributed by atoms with van der Waals surface area (Å²) in [5.74, 6) is 0.492. The molecule has 0 radical (unpaired) electrons. The molecule has 1 fully saturated rings. The molecule has 1 atom stereocenters. The molecule has 1 aliphatic heterocycles. The van der Waals surface area contributed by atoms with Crippen molar-refractivity contribution in [1.82, 2.24) is 4.90 Å². The standard InChI is InChI=1S/C11H21NO3S/c1-3-5-11(13)12(7-4-2)10-6-8-16(14,15)9-10/h10H,3-9H2,1-2H3. The van der Waals surface area contributed by atoms with E-state index < -0.39 is 9.84 Å². The molecule has 1 amide bonds. The van der Waals surface area contributed by atoms with Crippen LogP contribution in [0.3, 0.4) is 0 Å². The highest BCUT2D eigenvalue weighted by Gasteiger charge is 2.33. The van der Waals surface area contributed by atoms with Gasteiger partial charge in [-0.15, -0.1) is 0 Å². The smallest absolute Gasteiger partial charge is 0.222 e. The number of nitrogens with zero attached hydrogens (tertiary/aromatic N) is 1. The van der Waals surface area contributed by atoms with Crippen LogP contribution >= 0.6 is 0 Å². The Hall–Kier alpha value is -0.580.